The maximum atomic E-state index is 13.0. The number of halogens is 1. The second kappa shape index (κ2) is 5.05. The van der Waals surface area contributed by atoms with E-state index in [1.807, 2.05) is 13.0 Å². The van der Waals surface area contributed by atoms with Gasteiger partial charge in [-0.1, -0.05) is 24.3 Å². The fraction of sp³-hybridized carbons (Fsp3) is 0.333. The highest BCUT2D eigenvalue weighted by molar-refractivity contribution is 5.18. The molecular weight excluding hydrogens is 221 g/mol. The van der Waals surface area contributed by atoms with Crippen molar-refractivity contribution in [3.63, 3.8) is 0 Å². The van der Waals surface area contributed by atoms with Crippen molar-refractivity contribution in [2.75, 3.05) is 0 Å². The normalized spacial score (nSPS) is 10.8. The van der Waals surface area contributed by atoms with Crippen LogP contribution in [0.5, 0.6) is 0 Å². The van der Waals surface area contributed by atoms with Gasteiger partial charge in [0.15, 0.2) is 0 Å². The Balaban J connectivity index is 2.27. The van der Waals surface area contributed by atoms with E-state index in [0.717, 1.165) is 17.7 Å². The van der Waals surface area contributed by atoms with Gasteiger partial charge in [0, 0.05) is 0 Å². The minimum atomic E-state index is -0.261. The molecule has 2 rings (SSSR count). The lowest BCUT2D eigenvalue weighted by molar-refractivity contribution is 0.275. The van der Waals surface area contributed by atoms with Crippen molar-refractivity contribution >= 4 is 0 Å². The molecule has 0 aliphatic carbocycles. The SMILES string of the molecule is CCc1c(CO)nnn1Cc1cccc(F)c1. The molecule has 0 saturated heterocycles. The highest BCUT2D eigenvalue weighted by Gasteiger charge is 2.10. The zero-order valence-corrected chi connectivity index (χ0v) is 9.60. The summed E-state index contributed by atoms with van der Waals surface area (Å²) in [6.45, 7) is 2.32. The first-order chi connectivity index (χ1) is 8.24. The zero-order chi connectivity index (χ0) is 12.3. The van der Waals surface area contributed by atoms with Crippen molar-refractivity contribution in [2.45, 2.75) is 26.5 Å². The van der Waals surface area contributed by atoms with Crippen molar-refractivity contribution in [3.05, 3.63) is 47.0 Å². The Morgan fingerprint density at radius 1 is 1.41 bits per heavy atom. The molecule has 0 amide bonds. The number of benzene rings is 1. The van der Waals surface area contributed by atoms with Crippen LogP contribution >= 0.6 is 0 Å². The lowest BCUT2D eigenvalue weighted by Gasteiger charge is -2.05. The molecule has 1 N–H and O–H groups in total. The molecule has 0 aliphatic heterocycles. The number of hydrogen-bond acceptors (Lipinski definition) is 3. The maximum Gasteiger partial charge on any atom is 0.123 e. The molecule has 17 heavy (non-hydrogen) atoms. The minimum Gasteiger partial charge on any atom is -0.390 e. The van der Waals surface area contributed by atoms with Gasteiger partial charge in [-0.25, -0.2) is 9.07 Å². The van der Waals surface area contributed by atoms with E-state index in [1.54, 1.807) is 10.7 Å². The Labute approximate surface area is 98.7 Å². The molecule has 0 saturated carbocycles. The molecule has 90 valence electrons. The molecule has 1 aromatic carbocycles. The fourth-order valence-electron chi connectivity index (χ4n) is 1.81. The summed E-state index contributed by atoms with van der Waals surface area (Å²) in [4.78, 5) is 0. The Kier molecular flexibility index (Phi) is 3.49. The number of rotatable bonds is 4. The van der Waals surface area contributed by atoms with Gasteiger partial charge in [-0.05, 0) is 24.1 Å². The summed E-state index contributed by atoms with van der Waals surface area (Å²) in [5.74, 6) is -0.261. The highest BCUT2D eigenvalue weighted by Crippen LogP contribution is 2.10. The molecule has 1 aromatic heterocycles. The van der Waals surface area contributed by atoms with E-state index in [9.17, 15) is 4.39 Å². The number of hydrogen-bond donors (Lipinski definition) is 1. The third kappa shape index (κ3) is 2.50. The molecule has 4 nitrogen and oxygen atoms in total. The predicted octanol–water partition coefficient (Wildman–Crippen LogP) is 1.52. The Morgan fingerprint density at radius 2 is 2.24 bits per heavy atom. The Morgan fingerprint density at radius 3 is 2.88 bits per heavy atom. The van der Waals surface area contributed by atoms with Gasteiger partial charge in [0.25, 0.3) is 0 Å². The summed E-state index contributed by atoms with van der Waals surface area (Å²) < 4.78 is 14.7. The van der Waals surface area contributed by atoms with E-state index in [0.29, 0.717) is 12.2 Å². The highest BCUT2D eigenvalue weighted by atomic mass is 19.1. The quantitative estimate of drug-likeness (QED) is 0.874. The van der Waals surface area contributed by atoms with Gasteiger partial charge in [-0.2, -0.15) is 0 Å². The van der Waals surface area contributed by atoms with Gasteiger partial charge in [-0.15, -0.1) is 5.10 Å². The van der Waals surface area contributed by atoms with Crippen LogP contribution in [-0.2, 0) is 19.6 Å². The summed E-state index contributed by atoms with van der Waals surface area (Å²) in [6, 6.07) is 6.38. The lowest BCUT2D eigenvalue weighted by Crippen LogP contribution is -2.07. The van der Waals surface area contributed by atoms with E-state index in [-0.39, 0.29) is 12.4 Å². The monoisotopic (exact) mass is 235 g/mol. The van der Waals surface area contributed by atoms with Gasteiger partial charge in [0.05, 0.1) is 18.8 Å². The van der Waals surface area contributed by atoms with Crippen molar-refractivity contribution in [1.82, 2.24) is 15.0 Å². The molecule has 2 aromatic rings. The molecule has 0 aliphatic rings. The lowest BCUT2D eigenvalue weighted by atomic mass is 10.2. The van der Waals surface area contributed by atoms with Crippen LogP contribution in [0.1, 0.15) is 23.9 Å². The van der Waals surface area contributed by atoms with Gasteiger partial charge >= 0.3 is 0 Å². The average Bonchev–Trinajstić information content (AvgIpc) is 2.71. The summed E-state index contributed by atoms with van der Waals surface area (Å²) >= 11 is 0. The van der Waals surface area contributed by atoms with Crippen LogP contribution in [0.2, 0.25) is 0 Å². The van der Waals surface area contributed by atoms with E-state index in [4.69, 9.17) is 5.11 Å². The Hall–Kier alpha value is -1.75. The van der Waals surface area contributed by atoms with E-state index < -0.39 is 0 Å². The summed E-state index contributed by atoms with van der Waals surface area (Å²) in [5, 5.41) is 17.0. The van der Waals surface area contributed by atoms with E-state index in [1.165, 1.54) is 12.1 Å². The Bertz CT molecular complexity index is 510. The molecule has 0 unspecified atom stereocenters. The van der Waals surface area contributed by atoms with Crippen molar-refractivity contribution in [1.29, 1.82) is 0 Å². The van der Waals surface area contributed by atoms with Gasteiger partial charge in [0.1, 0.15) is 11.5 Å². The van der Waals surface area contributed by atoms with Crippen LogP contribution in [0.3, 0.4) is 0 Å². The van der Waals surface area contributed by atoms with Crippen LogP contribution in [0.25, 0.3) is 0 Å². The first kappa shape index (κ1) is 11.7. The summed E-state index contributed by atoms with van der Waals surface area (Å²) in [6.07, 6.45) is 0.734. The summed E-state index contributed by atoms with van der Waals surface area (Å²) in [7, 11) is 0. The molecule has 0 bridgehead atoms. The van der Waals surface area contributed by atoms with Crippen LogP contribution in [0.15, 0.2) is 24.3 Å². The minimum absolute atomic E-state index is 0.119. The van der Waals surface area contributed by atoms with Crippen LogP contribution < -0.4 is 0 Å². The molecule has 1 heterocycles. The standard InChI is InChI=1S/C12H14FN3O/c1-2-12-11(8-17)14-15-16(12)7-9-4-3-5-10(13)6-9/h3-6,17H,2,7-8H2,1H3. The maximum absolute atomic E-state index is 13.0. The third-order valence-corrected chi connectivity index (χ3v) is 2.62. The van der Waals surface area contributed by atoms with Crippen LogP contribution in [0.4, 0.5) is 4.39 Å². The molecular formula is C12H14FN3O. The number of aromatic nitrogens is 3. The van der Waals surface area contributed by atoms with Gasteiger partial charge in [-0.3, -0.25) is 0 Å². The second-order valence-corrected chi connectivity index (χ2v) is 3.78. The first-order valence-electron chi connectivity index (χ1n) is 5.51. The molecule has 5 heteroatoms. The first-order valence-corrected chi connectivity index (χ1v) is 5.51. The second-order valence-electron chi connectivity index (χ2n) is 3.78. The smallest absolute Gasteiger partial charge is 0.123 e. The number of nitrogens with zero attached hydrogens (tertiary/aromatic N) is 3. The van der Waals surface area contributed by atoms with Crippen molar-refractivity contribution in [3.8, 4) is 0 Å². The van der Waals surface area contributed by atoms with Crippen LogP contribution in [-0.4, -0.2) is 20.1 Å². The van der Waals surface area contributed by atoms with Crippen molar-refractivity contribution in [2.24, 2.45) is 0 Å². The zero-order valence-electron chi connectivity index (χ0n) is 9.60. The van der Waals surface area contributed by atoms with Crippen molar-refractivity contribution < 1.29 is 9.50 Å². The average molecular weight is 235 g/mol. The largest absolute Gasteiger partial charge is 0.390 e. The summed E-state index contributed by atoms with van der Waals surface area (Å²) in [5.41, 5.74) is 2.30. The molecule has 0 fully saturated rings. The third-order valence-electron chi connectivity index (χ3n) is 2.62. The predicted molar refractivity (Wildman–Crippen MR) is 60.8 cm³/mol. The van der Waals surface area contributed by atoms with E-state index in [2.05, 4.69) is 10.3 Å². The number of aliphatic hydroxyl groups excluding tert-OH is 1. The van der Waals surface area contributed by atoms with Crippen LogP contribution in [0, 0.1) is 5.82 Å². The molecule has 0 atom stereocenters. The fourth-order valence-corrected chi connectivity index (χ4v) is 1.81. The number of aliphatic hydroxyl groups is 1. The van der Waals surface area contributed by atoms with E-state index >= 15 is 0 Å². The van der Waals surface area contributed by atoms with Gasteiger partial charge in [0.2, 0.25) is 0 Å². The molecule has 0 spiro atoms. The van der Waals surface area contributed by atoms with Gasteiger partial charge < -0.3 is 5.11 Å². The molecule has 0 radical (unpaired) electrons. The topological polar surface area (TPSA) is 50.9 Å².